The maximum absolute atomic E-state index is 12.8. The zero-order chi connectivity index (χ0) is 22.9. The summed E-state index contributed by atoms with van der Waals surface area (Å²) in [6, 6.07) is 21.9. The maximum atomic E-state index is 12.8. The molecule has 32 heavy (non-hydrogen) atoms. The van der Waals surface area contributed by atoms with Crippen molar-refractivity contribution in [2.75, 3.05) is 13.2 Å². The van der Waals surface area contributed by atoms with E-state index in [0.29, 0.717) is 17.1 Å². The van der Waals surface area contributed by atoms with Crippen LogP contribution in [-0.4, -0.2) is 30.1 Å². The van der Waals surface area contributed by atoms with Gasteiger partial charge in [0.05, 0.1) is 6.61 Å². The van der Waals surface area contributed by atoms with E-state index in [1.807, 2.05) is 62.4 Å². The standard InChI is InChI=1S/C26H26N2O4/c1-18-3-7-20(8-4-18)17-24(26(31)27-15-16-29)28-25(30)21-9-13-23(14-10-21)32-22-11-5-19(2)6-12-22/h3-14,17,29H,15-16H2,1-2H3,(H,27,31)(H,28,30)/b24-17-. The SMILES string of the molecule is Cc1ccc(/C=C(\NC(=O)c2ccc(Oc3ccc(C)cc3)cc2)C(=O)NCCO)cc1. The van der Waals surface area contributed by atoms with Crippen molar-refractivity contribution >= 4 is 17.9 Å². The van der Waals surface area contributed by atoms with Crippen LogP contribution in [0.25, 0.3) is 6.08 Å². The zero-order valence-corrected chi connectivity index (χ0v) is 18.1. The van der Waals surface area contributed by atoms with Crippen molar-refractivity contribution in [1.29, 1.82) is 0 Å². The highest BCUT2D eigenvalue weighted by Crippen LogP contribution is 2.22. The molecule has 0 radical (unpaired) electrons. The lowest BCUT2D eigenvalue weighted by Crippen LogP contribution is -2.36. The Morgan fingerprint density at radius 1 is 0.844 bits per heavy atom. The second kappa shape index (κ2) is 10.9. The van der Waals surface area contributed by atoms with Crippen LogP contribution in [0.1, 0.15) is 27.0 Å². The number of amides is 2. The predicted molar refractivity (Wildman–Crippen MR) is 124 cm³/mol. The quantitative estimate of drug-likeness (QED) is 0.472. The molecule has 0 aliphatic carbocycles. The van der Waals surface area contributed by atoms with Crippen molar-refractivity contribution in [3.63, 3.8) is 0 Å². The number of nitrogens with one attached hydrogen (secondary N) is 2. The molecule has 0 heterocycles. The Labute approximate surface area is 187 Å². The first-order valence-electron chi connectivity index (χ1n) is 10.3. The Morgan fingerprint density at radius 2 is 1.38 bits per heavy atom. The Kier molecular flexibility index (Phi) is 7.78. The number of aryl methyl sites for hydroxylation is 2. The summed E-state index contributed by atoms with van der Waals surface area (Å²) in [4.78, 5) is 25.3. The number of carbonyl (C=O) groups is 2. The largest absolute Gasteiger partial charge is 0.457 e. The minimum atomic E-state index is -0.479. The van der Waals surface area contributed by atoms with Gasteiger partial charge in [0.1, 0.15) is 17.2 Å². The molecule has 3 rings (SSSR count). The van der Waals surface area contributed by atoms with E-state index in [4.69, 9.17) is 9.84 Å². The molecule has 164 valence electrons. The molecule has 0 aliphatic heterocycles. The number of hydrogen-bond donors (Lipinski definition) is 3. The van der Waals surface area contributed by atoms with Gasteiger partial charge < -0.3 is 20.5 Å². The molecule has 3 aromatic carbocycles. The fourth-order valence-electron chi connectivity index (χ4n) is 2.86. The first-order chi connectivity index (χ1) is 15.4. The highest BCUT2D eigenvalue weighted by molar-refractivity contribution is 6.05. The van der Waals surface area contributed by atoms with E-state index in [1.165, 1.54) is 0 Å². The molecule has 0 atom stereocenters. The van der Waals surface area contributed by atoms with Crippen molar-refractivity contribution in [1.82, 2.24) is 10.6 Å². The average molecular weight is 431 g/mol. The van der Waals surface area contributed by atoms with Gasteiger partial charge in [-0.3, -0.25) is 9.59 Å². The Bertz CT molecular complexity index is 1090. The van der Waals surface area contributed by atoms with E-state index in [9.17, 15) is 9.59 Å². The molecule has 0 aliphatic rings. The van der Waals surface area contributed by atoms with Crippen LogP contribution < -0.4 is 15.4 Å². The molecule has 0 spiro atoms. The first kappa shape index (κ1) is 22.8. The van der Waals surface area contributed by atoms with E-state index in [2.05, 4.69) is 10.6 Å². The minimum absolute atomic E-state index is 0.0883. The van der Waals surface area contributed by atoms with E-state index < -0.39 is 11.8 Å². The smallest absolute Gasteiger partial charge is 0.267 e. The lowest BCUT2D eigenvalue weighted by molar-refractivity contribution is -0.117. The summed E-state index contributed by atoms with van der Waals surface area (Å²) in [5, 5.41) is 14.2. The second-order valence-corrected chi connectivity index (χ2v) is 7.34. The van der Waals surface area contributed by atoms with Gasteiger partial charge in [0.2, 0.25) is 0 Å². The maximum Gasteiger partial charge on any atom is 0.267 e. The van der Waals surface area contributed by atoms with Gasteiger partial charge in [-0.25, -0.2) is 0 Å². The molecule has 6 heteroatoms. The Balaban J connectivity index is 1.73. The number of rotatable bonds is 8. The fourth-order valence-corrected chi connectivity index (χ4v) is 2.86. The first-order valence-corrected chi connectivity index (χ1v) is 10.3. The predicted octanol–water partition coefficient (Wildman–Crippen LogP) is 3.98. The summed E-state index contributed by atoms with van der Waals surface area (Å²) in [5.41, 5.74) is 3.47. The van der Waals surface area contributed by atoms with Crippen LogP contribution in [0.5, 0.6) is 11.5 Å². The van der Waals surface area contributed by atoms with Gasteiger partial charge in [-0.15, -0.1) is 0 Å². The van der Waals surface area contributed by atoms with Crippen molar-refractivity contribution < 1.29 is 19.4 Å². The van der Waals surface area contributed by atoms with Crippen molar-refractivity contribution in [2.45, 2.75) is 13.8 Å². The molecule has 0 unspecified atom stereocenters. The third kappa shape index (κ3) is 6.55. The van der Waals surface area contributed by atoms with E-state index in [0.717, 1.165) is 16.7 Å². The third-order valence-electron chi connectivity index (χ3n) is 4.65. The summed E-state index contributed by atoms with van der Waals surface area (Å²) >= 11 is 0. The minimum Gasteiger partial charge on any atom is -0.457 e. The lowest BCUT2D eigenvalue weighted by Gasteiger charge is -2.11. The van der Waals surface area contributed by atoms with Crippen molar-refractivity contribution in [3.8, 4) is 11.5 Å². The Morgan fingerprint density at radius 3 is 1.94 bits per heavy atom. The van der Waals surface area contributed by atoms with Gasteiger partial charge in [-0.05, 0) is 61.9 Å². The molecule has 6 nitrogen and oxygen atoms in total. The number of carbonyl (C=O) groups excluding carboxylic acids is 2. The molecule has 3 aromatic rings. The van der Waals surface area contributed by atoms with Crippen LogP contribution in [0.2, 0.25) is 0 Å². The highest BCUT2D eigenvalue weighted by Gasteiger charge is 2.14. The van der Waals surface area contributed by atoms with Crippen LogP contribution in [0.15, 0.2) is 78.5 Å². The monoisotopic (exact) mass is 430 g/mol. The van der Waals surface area contributed by atoms with Gasteiger partial charge in [0.15, 0.2) is 0 Å². The number of benzene rings is 3. The topological polar surface area (TPSA) is 87.7 Å². The van der Waals surface area contributed by atoms with Crippen LogP contribution in [0, 0.1) is 13.8 Å². The van der Waals surface area contributed by atoms with Crippen molar-refractivity contribution in [2.24, 2.45) is 0 Å². The molecular weight excluding hydrogens is 404 g/mol. The van der Waals surface area contributed by atoms with Crippen LogP contribution >= 0.6 is 0 Å². The normalized spacial score (nSPS) is 11.0. The molecule has 3 N–H and O–H groups in total. The number of ether oxygens (including phenoxy) is 1. The van der Waals surface area contributed by atoms with Crippen LogP contribution in [0.4, 0.5) is 0 Å². The van der Waals surface area contributed by atoms with E-state index in [1.54, 1.807) is 30.3 Å². The summed E-state index contributed by atoms with van der Waals surface area (Å²) in [6.45, 7) is 3.87. The summed E-state index contributed by atoms with van der Waals surface area (Å²) in [6.07, 6.45) is 1.60. The van der Waals surface area contributed by atoms with Crippen LogP contribution in [-0.2, 0) is 4.79 Å². The van der Waals surface area contributed by atoms with Gasteiger partial charge in [-0.2, -0.15) is 0 Å². The molecule has 2 amide bonds. The third-order valence-corrected chi connectivity index (χ3v) is 4.65. The second-order valence-electron chi connectivity index (χ2n) is 7.34. The van der Waals surface area contributed by atoms with Crippen LogP contribution in [0.3, 0.4) is 0 Å². The molecule has 0 saturated heterocycles. The fraction of sp³-hybridized carbons (Fsp3) is 0.154. The van der Waals surface area contributed by atoms with Gasteiger partial charge in [0.25, 0.3) is 11.8 Å². The molecule has 0 fully saturated rings. The van der Waals surface area contributed by atoms with Crippen molar-refractivity contribution in [3.05, 3.63) is 101 Å². The lowest BCUT2D eigenvalue weighted by atomic mass is 10.1. The number of hydrogen-bond acceptors (Lipinski definition) is 4. The zero-order valence-electron chi connectivity index (χ0n) is 18.1. The van der Waals surface area contributed by atoms with E-state index in [-0.39, 0.29) is 18.8 Å². The average Bonchev–Trinajstić information content (AvgIpc) is 2.80. The highest BCUT2D eigenvalue weighted by atomic mass is 16.5. The van der Waals surface area contributed by atoms with Gasteiger partial charge >= 0.3 is 0 Å². The molecule has 0 aromatic heterocycles. The van der Waals surface area contributed by atoms with E-state index >= 15 is 0 Å². The summed E-state index contributed by atoms with van der Waals surface area (Å²) < 4.78 is 5.79. The summed E-state index contributed by atoms with van der Waals surface area (Å²) in [5.74, 6) is 0.398. The van der Waals surface area contributed by atoms with Gasteiger partial charge in [0, 0.05) is 12.1 Å². The number of aliphatic hydroxyl groups is 1. The number of aliphatic hydroxyl groups excluding tert-OH is 1. The summed E-state index contributed by atoms with van der Waals surface area (Å²) in [7, 11) is 0. The van der Waals surface area contributed by atoms with Gasteiger partial charge in [-0.1, -0.05) is 47.5 Å². The Hall–Kier alpha value is -3.90. The molecule has 0 bridgehead atoms. The molecule has 0 saturated carbocycles. The molecular formula is C26H26N2O4.